The van der Waals surface area contributed by atoms with Crippen molar-refractivity contribution in [3.8, 4) is 0 Å². The first-order valence-corrected chi connectivity index (χ1v) is 5.38. The molecule has 1 amide bonds. The Morgan fingerprint density at radius 3 is 2.47 bits per heavy atom. The molecule has 92 valence electrons. The van der Waals surface area contributed by atoms with Crippen LogP contribution in [0.5, 0.6) is 0 Å². The van der Waals surface area contributed by atoms with E-state index in [0.29, 0.717) is 6.54 Å². The number of aliphatic carboxylic acids is 1. The van der Waals surface area contributed by atoms with E-state index in [1.807, 2.05) is 30.3 Å². The van der Waals surface area contributed by atoms with E-state index >= 15 is 0 Å². The minimum Gasteiger partial charge on any atom is -0.480 e. The molecule has 0 spiro atoms. The predicted molar refractivity (Wildman–Crippen MR) is 63.1 cm³/mol. The van der Waals surface area contributed by atoms with Crippen LogP contribution < -0.4 is 11.1 Å². The van der Waals surface area contributed by atoms with Crippen molar-refractivity contribution >= 4 is 11.9 Å². The van der Waals surface area contributed by atoms with E-state index in [1.165, 1.54) is 0 Å². The fraction of sp³-hybridized carbons (Fsp3) is 0.333. The minimum absolute atomic E-state index is 0.0682. The fourth-order valence-electron chi connectivity index (χ4n) is 1.44. The molecule has 1 atom stereocenters. The number of nitrogens with two attached hydrogens (primary N) is 1. The molecule has 0 radical (unpaired) electrons. The van der Waals surface area contributed by atoms with Gasteiger partial charge in [0.05, 0.1) is 0 Å². The van der Waals surface area contributed by atoms with Crippen LogP contribution in [0.4, 0.5) is 0 Å². The molecule has 5 heteroatoms. The Bertz CT molecular complexity index is 379. The number of hydrogen-bond donors (Lipinski definition) is 3. The van der Waals surface area contributed by atoms with E-state index in [0.717, 1.165) is 5.56 Å². The topological polar surface area (TPSA) is 92.4 Å². The van der Waals surface area contributed by atoms with Gasteiger partial charge in [-0.1, -0.05) is 30.3 Å². The van der Waals surface area contributed by atoms with Crippen LogP contribution in [0.2, 0.25) is 0 Å². The Morgan fingerprint density at radius 1 is 1.29 bits per heavy atom. The third kappa shape index (κ3) is 5.12. The van der Waals surface area contributed by atoms with E-state index in [2.05, 4.69) is 5.32 Å². The molecule has 17 heavy (non-hydrogen) atoms. The van der Waals surface area contributed by atoms with Gasteiger partial charge in [0.1, 0.15) is 6.04 Å². The number of hydrogen-bond acceptors (Lipinski definition) is 3. The molecule has 1 aromatic rings. The van der Waals surface area contributed by atoms with E-state index in [1.54, 1.807) is 0 Å². The lowest BCUT2D eigenvalue weighted by molar-refractivity contribution is -0.139. The summed E-state index contributed by atoms with van der Waals surface area (Å²) in [5.74, 6) is -1.46. The molecule has 0 heterocycles. The SMILES string of the molecule is NC(=O)CC[C@H](NCc1ccccc1)C(=O)O. The molecule has 1 rings (SSSR count). The molecule has 0 bridgehead atoms. The van der Waals surface area contributed by atoms with Gasteiger partial charge in [-0.2, -0.15) is 0 Å². The number of nitrogens with one attached hydrogen (secondary N) is 1. The van der Waals surface area contributed by atoms with Crippen molar-refractivity contribution in [1.82, 2.24) is 5.32 Å². The van der Waals surface area contributed by atoms with Crippen LogP contribution >= 0.6 is 0 Å². The van der Waals surface area contributed by atoms with E-state index in [-0.39, 0.29) is 12.8 Å². The Morgan fingerprint density at radius 2 is 1.94 bits per heavy atom. The highest BCUT2D eigenvalue weighted by Crippen LogP contribution is 2.02. The van der Waals surface area contributed by atoms with E-state index in [4.69, 9.17) is 10.8 Å². The Balaban J connectivity index is 2.45. The van der Waals surface area contributed by atoms with Gasteiger partial charge < -0.3 is 16.2 Å². The van der Waals surface area contributed by atoms with Gasteiger partial charge in [0, 0.05) is 13.0 Å². The molecule has 0 aromatic heterocycles. The third-order valence-electron chi connectivity index (χ3n) is 2.37. The summed E-state index contributed by atoms with van der Waals surface area (Å²) in [5, 5.41) is 11.8. The predicted octanol–water partition coefficient (Wildman–Crippen LogP) is 0.495. The fourth-order valence-corrected chi connectivity index (χ4v) is 1.44. The molecule has 0 saturated heterocycles. The third-order valence-corrected chi connectivity index (χ3v) is 2.37. The maximum absolute atomic E-state index is 10.9. The number of primary amides is 1. The minimum atomic E-state index is -0.970. The molecule has 0 unspecified atom stereocenters. The smallest absolute Gasteiger partial charge is 0.320 e. The second-order valence-corrected chi connectivity index (χ2v) is 3.76. The summed E-state index contributed by atoms with van der Waals surface area (Å²) >= 11 is 0. The maximum atomic E-state index is 10.9. The van der Waals surface area contributed by atoms with Gasteiger partial charge in [-0.3, -0.25) is 9.59 Å². The summed E-state index contributed by atoms with van der Waals surface area (Å²) in [6.45, 7) is 0.455. The lowest BCUT2D eigenvalue weighted by Gasteiger charge is -2.13. The van der Waals surface area contributed by atoms with Crippen molar-refractivity contribution in [1.29, 1.82) is 0 Å². The standard InChI is InChI=1S/C12H16N2O3/c13-11(15)7-6-10(12(16)17)14-8-9-4-2-1-3-5-9/h1-5,10,14H,6-8H2,(H2,13,15)(H,16,17)/t10-/m0/s1. The lowest BCUT2D eigenvalue weighted by atomic mass is 10.1. The number of benzene rings is 1. The van der Waals surface area contributed by atoms with Crippen molar-refractivity contribution < 1.29 is 14.7 Å². The van der Waals surface area contributed by atoms with Crippen molar-refractivity contribution in [2.75, 3.05) is 0 Å². The quantitative estimate of drug-likeness (QED) is 0.642. The van der Waals surface area contributed by atoms with Crippen molar-refractivity contribution in [3.05, 3.63) is 35.9 Å². The van der Waals surface area contributed by atoms with Crippen molar-refractivity contribution in [2.45, 2.75) is 25.4 Å². The number of rotatable bonds is 7. The monoisotopic (exact) mass is 236 g/mol. The molecule has 5 nitrogen and oxygen atoms in total. The second-order valence-electron chi connectivity index (χ2n) is 3.76. The maximum Gasteiger partial charge on any atom is 0.320 e. The van der Waals surface area contributed by atoms with Gasteiger partial charge >= 0.3 is 5.97 Å². The van der Waals surface area contributed by atoms with Crippen LogP contribution in [0.25, 0.3) is 0 Å². The zero-order valence-electron chi connectivity index (χ0n) is 9.43. The number of carbonyl (C=O) groups excluding carboxylic acids is 1. The van der Waals surface area contributed by atoms with Gasteiger partial charge in [0.2, 0.25) is 5.91 Å². The highest BCUT2D eigenvalue weighted by Gasteiger charge is 2.17. The van der Waals surface area contributed by atoms with Gasteiger partial charge in [-0.05, 0) is 12.0 Å². The van der Waals surface area contributed by atoms with Gasteiger partial charge in [-0.25, -0.2) is 0 Å². The Labute approximate surface area is 99.6 Å². The van der Waals surface area contributed by atoms with Crippen LogP contribution in [0.3, 0.4) is 0 Å². The Hall–Kier alpha value is -1.88. The molecule has 1 aromatic carbocycles. The van der Waals surface area contributed by atoms with Crippen LogP contribution in [-0.2, 0) is 16.1 Å². The highest BCUT2D eigenvalue weighted by atomic mass is 16.4. The largest absolute Gasteiger partial charge is 0.480 e. The number of amides is 1. The molecule has 0 aliphatic rings. The van der Waals surface area contributed by atoms with E-state index in [9.17, 15) is 9.59 Å². The molecular weight excluding hydrogens is 220 g/mol. The van der Waals surface area contributed by atoms with Gasteiger partial charge in [-0.15, -0.1) is 0 Å². The zero-order valence-corrected chi connectivity index (χ0v) is 9.43. The number of carboxylic acids is 1. The summed E-state index contributed by atoms with van der Waals surface area (Å²) < 4.78 is 0. The van der Waals surface area contributed by atoms with Crippen LogP contribution in [-0.4, -0.2) is 23.0 Å². The molecular formula is C12H16N2O3. The molecule has 4 N–H and O–H groups in total. The molecule has 0 aliphatic heterocycles. The van der Waals surface area contributed by atoms with E-state index < -0.39 is 17.9 Å². The first-order chi connectivity index (χ1) is 8.09. The molecule has 0 aliphatic carbocycles. The second kappa shape index (κ2) is 6.65. The summed E-state index contributed by atoms with van der Waals surface area (Å²) in [5.41, 5.74) is 5.99. The first kappa shape index (κ1) is 13.2. The van der Waals surface area contributed by atoms with Crippen molar-refractivity contribution in [2.24, 2.45) is 5.73 Å². The lowest BCUT2D eigenvalue weighted by Crippen LogP contribution is -2.37. The zero-order chi connectivity index (χ0) is 12.7. The van der Waals surface area contributed by atoms with Crippen LogP contribution in [0, 0.1) is 0 Å². The molecule has 0 saturated carbocycles. The van der Waals surface area contributed by atoms with Crippen LogP contribution in [0.15, 0.2) is 30.3 Å². The van der Waals surface area contributed by atoms with Gasteiger partial charge in [0.15, 0.2) is 0 Å². The molecule has 0 fully saturated rings. The summed E-state index contributed by atoms with van der Waals surface area (Å²) in [6.07, 6.45) is 0.274. The normalized spacial score (nSPS) is 12.0. The van der Waals surface area contributed by atoms with Crippen molar-refractivity contribution in [3.63, 3.8) is 0 Å². The first-order valence-electron chi connectivity index (χ1n) is 5.38. The summed E-state index contributed by atoms with van der Waals surface area (Å²) in [6, 6.07) is 8.72. The summed E-state index contributed by atoms with van der Waals surface area (Å²) in [4.78, 5) is 21.5. The average molecular weight is 236 g/mol. The Kier molecular flexibility index (Phi) is 5.16. The highest BCUT2D eigenvalue weighted by molar-refractivity contribution is 5.77. The number of carboxylic acid groups (broad SMARTS) is 1. The van der Waals surface area contributed by atoms with Gasteiger partial charge in [0.25, 0.3) is 0 Å². The average Bonchev–Trinajstić information content (AvgIpc) is 2.29. The van der Waals surface area contributed by atoms with Crippen LogP contribution in [0.1, 0.15) is 18.4 Å². The summed E-state index contributed by atoms with van der Waals surface area (Å²) in [7, 11) is 0. The number of carbonyl (C=O) groups is 2.